The summed E-state index contributed by atoms with van der Waals surface area (Å²) >= 11 is 6.04. The van der Waals surface area contributed by atoms with Crippen LogP contribution >= 0.6 is 11.6 Å². The molecule has 4 rings (SSSR count). The van der Waals surface area contributed by atoms with E-state index in [9.17, 15) is 9.59 Å². The summed E-state index contributed by atoms with van der Waals surface area (Å²) in [6.45, 7) is 6.94. The number of hydrogen-bond donors (Lipinski definition) is 2. The first-order valence-corrected chi connectivity index (χ1v) is 11.2. The molecule has 2 N–H and O–H groups in total. The van der Waals surface area contributed by atoms with Crippen LogP contribution in [0.3, 0.4) is 0 Å². The number of piperazine rings is 1. The smallest absolute Gasteiger partial charge is 0.255 e. The third-order valence-corrected chi connectivity index (χ3v) is 6.24. The Bertz CT molecular complexity index is 935. The number of nitrogens with zero attached hydrogens (tertiary/aromatic N) is 2. The summed E-state index contributed by atoms with van der Waals surface area (Å²) in [5.41, 5.74) is 3.47. The molecule has 31 heavy (non-hydrogen) atoms. The molecule has 1 heterocycles. The monoisotopic (exact) mass is 440 g/mol. The molecule has 0 atom stereocenters. The second kappa shape index (κ2) is 9.81. The van der Waals surface area contributed by atoms with E-state index >= 15 is 0 Å². The lowest BCUT2D eigenvalue weighted by Gasteiger charge is -2.34. The fourth-order valence-electron chi connectivity index (χ4n) is 3.76. The van der Waals surface area contributed by atoms with Crippen LogP contribution in [0, 0.1) is 6.92 Å². The van der Waals surface area contributed by atoms with E-state index in [2.05, 4.69) is 20.4 Å². The van der Waals surface area contributed by atoms with Crippen molar-refractivity contribution in [2.75, 3.05) is 38.0 Å². The standard InChI is InChI=1S/C24H29ClN4O2/c1-17-14-21(8-9-22(17)25)27-24(31)19-4-2-18(3-5-19)15-28-10-12-29(13-11-28)16-23(30)26-20-6-7-20/h2-5,8-9,14,20H,6-7,10-13,15-16H2,1H3,(H,26,30)(H,27,31). The Morgan fingerprint density at radius 3 is 2.32 bits per heavy atom. The average Bonchev–Trinajstić information content (AvgIpc) is 3.56. The summed E-state index contributed by atoms with van der Waals surface area (Å²) in [5.74, 6) is 0.0185. The molecular formula is C24H29ClN4O2. The summed E-state index contributed by atoms with van der Waals surface area (Å²) in [4.78, 5) is 29.1. The number of benzene rings is 2. The van der Waals surface area contributed by atoms with Crippen molar-refractivity contribution in [1.82, 2.24) is 15.1 Å². The van der Waals surface area contributed by atoms with Crippen LogP contribution in [0.25, 0.3) is 0 Å². The zero-order valence-electron chi connectivity index (χ0n) is 17.9. The van der Waals surface area contributed by atoms with Crippen LogP contribution in [0.1, 0.15) is 34.3 Å². The van der Waals surface area contributed by atoms with Gasteiger partial charge in [0.25, 0.3) is 5.91 Å². The topological polar surface area (TPSA) is 64.7 Å². The molecule has 0 unspecified atom stereocenters. The van der Waals surface area contributed by atoms with Gasteiger partial charge in [0.2, 0.25) is 5.91 Å². The predicted molar refractivity (Wildman–Crippen MR) is 123 cm³/mol. The Hall–Kier alpha value is -2.41. The SMILES string of the molecule is Cc1cc(NC(=O)c2ccc(CN3CCN(CC(=O)NC4CC4)CC3)cc2)ccc1Cl. The highest BCUT2D eigenvalue weighted by Gasteiger charge is 2.25. The maximum atomic E-state index is 12.5. The molecule has 0 spiro atoms. The third-order valence-electron chi connectivity index (χ3n) is 5.81. The number of amides is 2. The highest BCUT2D eigenvalue weighted by atomic mass is 35.5. The Balaban J connectivity index is 1.23. The summed E-state index contributed by atoms with van der Waals surface area (Å²) in [6.07, 6.45) is 2.25. The highest BCUT2D eigenvalue weighted by molar-refractivity contribution is 6.31. The number of aryl methyl sites for hydroxylation is 1. The zero-order chi connectivity index (χ0) is 21.8. The van der Waals surface area contributed by atoms with Gasteiger partial charge in [0, 0.05) is 55.0 Å². The molecule has 0 aromatic heterocycles. The fourth-order valence-corrected chi connectivity index (χ4v) is 3.87. The fraction of sp³-hybridized carbons (Fsp3) is 0.417. The number of hydrogen-bond acceptors (Lipinski definition) is 4. The molecule has 2 aromatic rings. The minimum absolute atomic E-state index is 0.133. The van der Waals surface area contributed by atoms with Gasteiger partial charge in [0.15, 0.2) is 0 Å². The van der Waals surface area contributed by atoms with Crippen LogP contribution in [-0.4, -0.2) is 60.4 Å². The lowest BCUT2D eigenvalue weighted by Crippen LogP contribution is -2.49. The van der Waals surface area contributed by atoms with E-state index in [1.54, 1.807) is 12.1 Å². The maximum absolute atomic E-state index is 12.5. The number of rotatable bonds is 7. The average molecular weight is 441 g/mol. The van der Waals surface area contributed by atoms with Gasteiger partial charge in [0.05, 0.1) is 6.54 Å². The molecular weight excluding hydrogens is 412 g/mol. The minimum atomic E-state index is -0.133. The molecule has 7 heteroatoms. The van der Waals surface area contributed by atoms with Crippen LogP contribution in [0.4, 0.5) is 5.69 Å². The number of halogens is 1. The van der Waals surface area contributed by atoms with Crippen LogP contribution in [0.5, 0.6) is 0 Å². The number of anilines is 1. The van der Waals surface area contributed by atoms with Crippen molar-refractivity contribution in [3.63, 3.8) is 0 Å². The van der Waals surface area contributed by atoms with Crippen molar-refractivity contribution in [2.45, 2.75) is 32.4 Å². The number of carbonyl (C=O) groups is 2. The first-order chi connectivity index (χ1) is 15.0. The van der Waals surface area contributed by atoms with Crippen molar-refractivity contribution in [2.24, 2.45) is 0 Å². The molecule has 6 nitrogen and oxygen atoms in total. The van der Waals surface area contributed by atoms with Gasteiger partial charge in [-0.1, -0.05) is 23.7 Å². The Morgan fingerprint density at radius 2 is 1.68 bits per heavy atom. The van der Waals surface area contributed by atoms with Crippen LogP contribution < -0.4 is 10.6 Å². The van der Waals surface area contributed by atoms with E-state index in [1.165, 1.54) is 5.56 Å². The second-order valence-corrected chi connectivity index (χ2v) is 8.92. The third kappa shape index (κ3) is 6.29. The largest absolute Gasteiger partial charge is 0.352 e. The molecule has 1 saturated heterocycles. The van der Waals surface area contributed by atoms with Crippen molar-refractivity contribution in [3.8, 4) is 0 Å². The van der Waals surface area contributed by atoms with E-state index in [0.717, 1.165) is 56.8 Å². The Kier molecular flexibility index (Phi) is 6.90. The molecule has 2 amide bonds. The van der Waals surface area contributed by atoms with Gasteiger partial charge in [-0.05, 0) is 61.2 Å². The second-order valence-electron chi connectivity index (χ2n) is 8.51. The van der Waals surface area contributed by atoms with Gasteiger partial charge >= 0.3 is 0 Å². The lowest BCUT2D eigenvalue weighted by atomic mass is 10.1. The zero-order valence-corrected chi connectivity index (χ0v) is 18.6. The minimum Gasteiger partial charge on any atom is -0.352 e. The lowest BCUT2D eigenvalue weighted by molar-refractivity contribution is -0.122. The van der Waals surface area contributed by atoms with E-state index in [-0.39, 0.29) is 11.8 Å². The van der Waals surface area contributed by atoms with Crippen LogP contribution in [0.15, 0.2) is 42.5 Å². The van der Waals surface area contributed by atoms with Crippen molar-refractivity contribution >= 4 is 29.1 Å². The van der Waals surface area contributed by atoms with E-state index < -0.39 is 0 Å². The van der Waals surface area contributed by atoms with Crippen LogP contribution in [0.2, 0.25) is 5.02 Å². The Morgan fingerprint density at radius 1 is 1.00 bits per heavy atom. The summed E-state index contributed by atoms with van der Waals surface area (Å²) in [7, 11) is 0. The first-order valence-electron chi connectivity index (χ1n) is 10.9. The van der Waals surface area contributed by atoms with Gasteiger partial charge in [-0.3, -0.25) is 19.4 Å². The summed E-state index contributed by atoms with van der Waals surface area (Å²) < 4.78 is 0. The van der Waals surface area contributed by atoms with Gasteiger partial charge in [0.1, 0.15) is 0 Å². The van der Waals surface area contributed by atoms with E-state index in [0.29, 0.717) is 23.2 Å². The van der Waals surface area contributed by atoms with Gasteiger partial charge in [-0.2, -0.15) is 0 Å². The molecule has 1 aliphatic carbocycles. The predicted octanol–water partition coefficient (Wildman–Crippen LogP) is 3.30. The van der Waals surface area contributed by atoms with Crippen molar-refractivity contribution < 1.29 is 9.59 Å². The van der Waals surface area contributed by atoms with Gasteiger partial charge < -0.3 is 10.6 Å². The van der Waals surface area contributed by atoms with Gasteiger partial charge in [-0.25, -0.2) is 0 Å². The number of nitrogens with one attached hydrogen (secondary N) is 2. The van der Waals surface area contributed by atoms with Gasteiger partial charge in [-0.15, -0.1) is 0 Å². The van der Waals surface area contributed by atoms with Crippen molar-refractivity contribution in [3.05, 3.63) is 64.2 Å². The summed E-state index contributed by atoms with van der Waals surface area (Å²) in [5, 5.41) is 6.66. The van der Waals surface area contributed by atoms with Crippen LogP contribution in [-0.2, 0) is 11.3 Å². The maximum Gasteiger partial charge on any atom is 0.255 e. The normalized spacial score (nSPS) is 17.4. The molecule has 2 fully saturated rings. The molecule has 1 aliphatic heterocycles. The van der Waals surface area contributed by atoms with E-state index in [4.69, 9.17) is 11.6 Å². The molecule has 0 radical (unpaired) electrons. The molecule has 164 valence electrons. The van der Waals surface area contributed by atoms with Crippen molar-refractivity contribution in [1.29, 1.82) is 0 Å². The Labute approximate surface area is 188 Å². The first kappa shape index (κ1) is 21.8. The van der Waals surface area contributed by atoms with E-state index in [1.807, 2.05) is 37.3 Å². The quantitative estimate of drug-likeness (QED) is 0.693. The number of carbonyl (C=O) groups excluding carboxylic acids is 2. The molecule has 0 bridgehead atoms. The highest BCUT2D eigenvalue weighted by Crippen LogP contribution is 2.20. The summed E-state index contributed by atoms with van der Waals surface area (Å²) in [6, 6.07) is 13.6. The molecule has 2 aliphatic rings. The molecule has 2 aromatic carbocycles. The molecule has 1 saturated carbocycles.